The van der Waals surface area contributed by atoms with Gasteiger partial charge >= 0.3 is 0 Å². The number of rotatable bonds is 3. The van der Waals surface area contributed by atoms with E-state index in [2.05, 4.69) is 0 Å². The standard InChI is InChI=1S/C19H18N2O2S/c1-3-20-18(23)17(12-14-6-10-16(22)11-7-14)21(19(20)24)15-8-4-13(2)5-9-15/h4-12,22H,3H2,1-2H3. The Balaban J connectivity index is 2.08. The van der Waals surface area contributed by atoms with Crippen LogP contribution >= 0.6 is 12.2 Å². The zero-order valence-corrected chi connectivity index (χ0v) is 14.4. The van der Waals surface area contributed by atoms with Gasteiger partial charge in [0.05, 0.1) is 0 Å². The first-order chi connectivity index (χ1) is 11.5. The monoisotopic (exact) mass is 338 g/mol. The molecular formula is C19H18N2O2S. The van der Waals surface area contributed by atoms with E-state index < -0.39 is 0 Å². The molecule has 5 heteroatoms. The van der Waals surface area contributed by atoms with Crippen molar-refractivity contribution in [3.05, 3.63) is 65.4 Å². The van der Waals surface area contributed by atoms with Gasteiger partial charge in [-0.05, 0) is 62.0 Å². The molecule has 0 spiro atoms. The maximum Gasteiger partial charge on any atom is 0.277 e. The maximum absolute atomic E-state index is 12.7. The second kappa shape index (κ2) is 6.45. The fourth-order valence-electron chi connectivity index (χ4n) is 2.62. The molecule has 0 radical (unpaired) electrons. The van der Waals surface area contributed by atoms with Gasteiger partial charge in [0.25, 0.3) is 5.91 Å². The predicted molar refractivity (Wildman–Crippen MR) is 99.7 cm³/mol. The highest BCUT2D eigenvalue weighted by molar-refractivity contribution is 7.80. The van der Waals surface area contributed by atoms with Crippen LogP contribution in [0.3, 0.4) is 0 Å². The predicted octanol–water partition coefficient (Wildman–Crippen LogP) is 3.70. The van der Waals surface area contributed by atoms with E-state index in [4.69, 9.17) is 12.2 Å². The van der Waals surface area contributed by atoms with Crippen molar-refractivity contribution in [2.45, 2.75) is 13.8 Å². The smallest absolute Gasteiger partial charge is 0.277 e. The number of phenols is 1. The Morgan fingerprint density at radius 2 is 1.71 bits per heavy atom. The number of thiocarbonyl (C=S) groups is 1. The minimum atomic E-state index is -0.115. The van der Waals surface area contributed by atoms with Crippen molar-refractivity contribution in [3.8, 4) is 5.75 Å². The third-order valence-electron chi connectivity index (χ3n) is 3.93. The lowest BCUT2D eigenvalue weighted by Crippen LogP contribution is -2.32. The Hall–Kier alpha value is -2.66. The van der Waals surface area contributed by atoms with Crippen LogP contribution in [-0.2, 0) is 4.79 Å². The number of likely N-dealkylation sites (N-methyl/N-ethyl adjacent to an activating group) is 1. The molecule has 1 N–H and O–H groups in total. The molecule has 24 heavy (non-hydrogen) atoms. The lowest BCUT2D eigenvalue weighted by molar-refractivity contribution is -0.122. The summed E-state index contributed by atoms with van der Waals surface area (Å²) in [6, 6.07) is 14.6. The largest absolute Gasteiger partial charge is 0.508 e. The van der Waals surface area contributed by atoms with Crippen molar-refractivity contribution in [2.75, 3.05) is 11.4 Å². The van der Waals surface area contributed by atoms with Gasteiger partial charge in [-0.2, -0.15) is 0 Å². The fraction of sp³-hybridized carbons (Fsp3) is 0.158. The molecule has 0 aromatic heterocycles. The van der Waals surface area contributed by atoms with Gasteiger partial charge < -0.3 is 5.11 Å². The van der Waals surface area contributed by atoms with Gasteiger partial charge in [-0.15, -0.1) is 0 Å². The van der Waals surface area contributed by atoms with Crippen LogP contribution in [0, 0.1) is 6.92 Å². The highest BCUT2D eigenvalue weighted by atomic mass is 32.1. The molecule has 0 aliphatic carbocycles. The van der Waals surface area contributed by atoms with Crippen molar-refractivity contribution in [1.82, 2.24) is 4.90 Å². The number of benzene rings is 2. The van der Waals surface area contributed by atoms with E-state index >= 15 is 0 Å². The molecule has 4 nitrogen and oxygen atoms in total. The van der Waals surface area contributed by atoms with Crippen LogP contribution in [0.15, 0.2) is 54.2 Å². The Labute approximate surface area is 146 Å². The lowest BCUT2D eigenvalue weighted by Gasteiger charge is -2.19. The van der Waals surface area contributed by atoms with E-state index in [1.54, 1.807) is 40.1 Å². The third-order valence-corrected chi connectivity index (χ3v) is 4.34. The second-order valence-electron chi connectivity index (χ2n) is 5.62. The van der Waals surface area contributed by atoms with Gasteiger partial charge in [0, 0.05) is 12.2 Å². The number of nitrogens with zero attached hydrogens (tertiary/aromatic N) is 2. The summed E-state index contributed by atoms with van der Waals surface area (Å²) >= 11 is 5.52. The Kier molecular flexibility index (Phi) is 4.36. The maximum atomic E-state index is 12.7. The van der Waals surface area contributed by atoms with Crippen molar-refractivity contribution in [1.29, 1.82) is 0 Å². The van der Waals surface area contributed by atoms with Crippen molar-refractivity contribution < 1.29 is 9.90 Å². The number of aromatic hydroxyl groups is 1. The summed E-state index contributed by atoms with van der Waals surface area (Å²) < 4.78 is 0. The molecule has 0 bridgehead atoms. The van der Waals surface area contributed by atoms with Gasteiger partial charge in [0.1, 0.15) is 11.4 Å². The fourth-order valence-corrected chi connectivity index (χ4v) is 3.04. The van der Waals surface area contributed by atoms with Gasteiger partial charge in [-0.1, -0.05) is 29.8 Å². The first kappa shape index (κ1) is 16.2. The normalized spacial score (nSPS) is 16.3. The van der Waals surface area contributed by atoms with E-state index in [1.165, 1.54) is 0 Å². The summed E-state index contributed by atoms with van der Waals surface area (Å²) in [7, 11) is 0. The number of anilines is 1. The summed E-state index contributed by atoms with van der Waals surface area (Å²) in [5.74, 6) is 0.0761. The Morgan fingerprint density at radius 1 is 1.08 bits per heavy atom. The molecule has 1 aliphatic rings. The van der Waals surface area contributed by atoms with E-state index in [1.807, 2.05) is 38.1 Å². The van der Waals surface area contributed by atoms with Gasteiger partial charge in [0.15, 0.2) is 5.11 Å². The minimum Gasteiger partial charge on any atom is -0.508 e. The topological polar surface area (TPSA) is 43.8 Å². The first-order valence-electron chi connectivity index (χ1n) is 7.74. The molecule has 1 saturated heterocycles. The molecule has 122 valence electrons. The number of hydrogen-bond acceptors (Lipinski definition) is 3. The average Bonchev–Trinajstić information content (AvgIpc) is 2.81. The number of aryl methyl sites for hydroxylation is 1. The van der Waals surface area contributed by atoms with E-state index in [0.29, 0.717) is 17.4 Å². The Morgan fingerprint density at radius 3 is 2.29 bits per heavy atom. The molecular weight excluding hydrogens is 320 g/mol. The second-order valence-corrected chi connectivity index (χ2v) is 5.99. The van der Waals surface area contributed by atoms with Crippen LogP contribution in [0.1, 0.15) is 18.1 Å². The van der Waals surface area contributed by atoms with Gasteiger partial charge in [-0.25, -0.2) is 0 Å². The molecule has 1 fully saturated rings. The van der Waals surface area contributed by atoms with E-state index in [9.17, 15) is 9.90 Å². The number of amides is 1. The molecule has 3 rings (SSSR count). The summed E-state index contributed by atoms with van der Waals surface area (Å²) in [6.45, 7) is 4.44. The zero-order chi connectivity index (χ0) is 17.3. The molecule has 1 amide bonds. The summed E-state index contributed by atoms with van der Waals surface area (Å²) in [4.78, 5) is 16.1. The van der Waals surface area contributed by atoms with Crippen molar-refractivity contribution in [2.24, 2.45) is 0 Å². The molecule has 1 aliphatic heterocycles. The van der Waals surface area contributed by atoms with Gasteiger partial charge in [-0.3, -0.25) is 14.6 Å². The molecule has 2 aromatic carbocycles. The Bertz CT molecular complexity index is 810. The molecule has 1 heterocycles. The van der Waals surface area contributed by atoms with Crippen LogP contribution in [0.4, 0.5) is 5.69 Å². The molecule has 2 aromatic rings. The summed E-state index contributed by atoms with van der Waals surface area (Å²) in [5, 5.41) is 9.90. The lowest BCUT2D eigenvalue weighted by atomic mass is 10.1. The molecule has 0 unspecified atom stereocenters. The first-order valence-corrected chi connectivity index (χ1v) is 8.15. The third kappa shape index (κ3) is 2.90. The van der Waals surface area contributed by atoms with Crippen LogP contribution < -0.4 is 4.90 Å². The minimum absolute atomic E-state index is 0.115. The zero-order valence-electron chi connectivity index (χ0n) is 13.6. The highest BCUT2D eigenvalue weighted by Gasteiger charge is 2.37. The quantitative estimate of drug-likeness (QED) is 0.685. The number of hydrogen-bond donors (Lipinski definition) is 1. The SMILES string of the molecule is CCN1C(=O)C(=Cc2ccc(O)cc2)N(c2ccc(C)cc2)C1=S. The number of carbonyl (C=O) groups excluding carboxylic acids is 1. The molecule has 0 atom stereocenters. The van der Waals surface area contributed by atoms with E-state index in [0.717, 1.165) is 16.8 Å². The van der Waals surface area contributed by atoms with Crippen LogP contribution in [0.2, 0.25) is 0 Å². The van der Waals surface area contributed by atoms with Crippen LogP contribution in [-0.4, -0.2) is 27.6 Å². The number of phenolic OH excluding ortho intramolecular Hbond substituents is 1. The van der Waals surface area contributed by atoms with Crippen LogP contribution in [0.5, 0.6) is 5.75 Å². The van der Waals surface area contributed by atoms with Crippen LogP contribution in [0.25, 0.3) is 6.08 Å². The van der Waals surface area contributed by atoms with Crippen molar-refractivity contribution >= 4 is 35.0 Å². The summed E-state index contributed by atoms with van der Waals surface area (Å²) in [5.41, 5.74) is 3.34. The molecule has 0 saturated carbocycles. The highest BCUT2D eigenvalue weighted by Crippen LogP contribution is 2.30. The summed E-state index contributed by atoms with van der Waals surface area (Å²) in [6.07, 6.45) is 1.80. The number of carbonyl (C=O) groups is 1. The van der Waals surface area contributed by atoms with Crippen molar-refractivity contribution in [3.63, 3.8) is 0 Å². The average molecular weight is 338 g/mol. The van der Waals surface area contributed by atoms with E-state index in [-0.39, 0.29) is 11.7 Å². The van der Waals surface area contributed by atoms with Gasteiger partial charge in [0.2, 0.25) is 0 Å².